The number of nitrogens with zero attached hydrogens (tertiary/aromatic N) is 3. The second kappa shape index (κ2) is 7.42. The average molecular weight is 391 g/mol. The molecule has 3 rings (SSSR count). The summed E-state index contributed by atoms with van der Waals surface area (Å²) in [5, 5.41) is 9.87. The first-order chi connectivity index (χ1) is 12.8. The minimum absolute atomic E-state index is 0.0626. The molecule has 2 aliphatic rings. The van der Waals surface area contributed by atoms with Gasteiger partial charge in [-0.2, -0.15) is 0 Å². The molecule has 1 N–H and O–H groups in total. The Kier molecular flexibility index (Phi) is 5.37. The zero-order valence-corrected chi connectivity index (χ0v) is 16.7. The molecule has 0 unspecified atom stereocenters. The number of fused-ring (bicyclic) bond motifs is 1. The van der Waals surface area contributed by atoms with Gasteiger partial charge >= 0.3 is 12.0 Å². The maximum atomic E-state index is 12.7. The third-order valence-electron chi connectivity index (χ3n) is 5.56. The highest BCUT2D eigenvalue weighted by molar-refractivity contribution is 7.98. The van der Waals surface area contributed by atoms with Gasteiger partial charge in [-0.05, 0) is 24.0 Å². The lowest BCUT2D eigenvalue weighted by Crippen LogP contribution is -2.45. The number of hydrogen-bond acceptors (Lipinski definition) is 4. The maximum absolute atomic E-state index is 12.7. The van der Waals surface area contributed by atoms with E-state index in [0.29, 0.717) is 13.1 Å². The number of benzene rings is 1. The third-order valence-corrected chi connectivity index (χ3v) is 6.30. The number of aliphatic carboxylic acids is 1. The van der Waals surface area contributed by atoms with Crippen LogP contribution in [0.25, 0.3) is 0 Å². The molecule has 7 nitrogen and oxygen atoms in total. The molecule has 3 amide bonds. The average Bonchev–Trinajstić information content (AvgIpc) is 3.17. The largest absolute Gasteiger partial charge is 0.481 e. The first-order valence-corrected chi connectivity index (χ1v) is 10.1. The zero-order chi connectivity index (χ0) is 19.8. The van der Waals surface area contributed by atoms with Gasteiger partial charge in [0.05, 0.1) is 6.42 Å². The van der Waals surface area contributed by atoms with E-state index in [1.807, 2.05) is 30.5 Å². The Bertz CT molecular complexity index is 752. The van der Waals surface area contributed by atoms with E-state index in [0.717, 1.165) is 10.5 Å². The number of hydrogen-bond donors (Lipinski definition) is 1. The molecule has 146 valence electrons. The minimum Gasteiger partial charge on any atom is -0.481 e. The summed E-state index contributed by atoms with van der Waals surface area (Å²) in [6.07, 6.45) is 2.26. The van der Waals surface area contributed by atoms with Crippen LogP contribution < -0.4 is 0 Å². The molecule has 2 fully saturated rings. The van der Waals surface area contributed by atoms with Crippen LogP contribution in [0.5, 0.6) is 0 Å². The summed E-state index contributed by atoms with van der Waals surface area (Å²) in [7, 11) is 3.31. The van der Waals surface area contributed by atoms with Crippen molar-refractivity contribution in [2.75, 3.05) is 46.5 Å². The maximum Gasteiger partial charge on any atom is 0.319 e. The minimum atomic E-state index is -1.07. The normalized spacial score (nSPS) is 24.0. The fraction of sp³-hybridized carbons (Fsp3) is 0.526. The molecular formula is C19H25N3O4S. The molecule has 0 aromatic heterocycles. The fourth-order valence-corrected chi connectivity index (χ4v) is 4.42. The van der Waals surface area contributed by atoms with Crippen molar-refractivity contribution in [3.8, 4) is 0 Å². The number of urea groups is 1. The van der Waals surface area contributed by atoms with Crippen LogP contribution in [0.2, 0.25) is 0 Å². The molecule has 0 aliphatic carbocycles. The third kappa shape index (κ3) is 3.63. The first kappa shape index (κ1) is 19.5. The summed E-state index contributed by atoms with van der Waals surface area (Å²) in [6.45, 7) is 1.06. The summed E-state index contributed by atoms with van der Waals surface area (Å²) in [4.78, 5) is 42.8. The van der Waals surface area contributed by atoms with E-state index < -0.39 is 11.4 Å². The standard InChI is InChI=1S/C19H25N3O4S/c1-20(2)18(26)22-10-14-9-21(11-19(14,12-22)17(24)25)16(23)8-13-4-6-15(27-3)7-5-13/h4-7,14H,8-12H2,1-3H3,(H,24,25)/t14-,19-/m1/s1. The van der Waals surface area contributed by atoms with Crippen molar-refractivity contribution in [1.82, 2.24) is 14.7 Å². The summed E-state index contributed by atoms with van der Waals surface area (Å²) in [5.74, 6) is -1.23. The number of carboxylic acids is 1. The van der Waals surface area contributed by atoms with Crippen LogP contribution in [0.3, 0.4) is 0 Å². The van der Waals surface area contributed by atoms with E-state index >= 15 is 0 Å². The molecule has 0 spiro atoms. The Morgan fingerprint density at radius 2 is 1.74 bits per heavy atom. The number of rotatable bonds is 4. The van der Waals surface area contributed by atoms with E-state index in [1.165, 1.54) is 4.90 Å². The van der Waals surface area contributed by atoms with Gasteiger partial charge in [0.2, 0.25) is 5.91 Å². The van der Waals surface area contributed by atoms with Crippen LogP contribution in [0.4, 0.5) is 4.79 Å². The number of thioether (sulfide) groups is 1. The first-order valence-electron chi connectivity index (χ1n) is 8.87. The summed E-state index contributed by atoms with van der Waals surface area (Å²) in [6, 6.07) is 7.65. The number of carbonyl (C=O) groups is 3. The molecule has 2 aliphatic heterocycles. The molecule has 2 saturated heterocycles. The predicted molar refractivity (Wildman–Crippen MR) is 103 cm³/mol. The van der Waals surface area contributed by atoms with Gasteiger partial charge in [-0.15, -0.1) is 11.8 Å². The van der Waals surface area contributed by atoms with Crippen LogP contribution in [0.1, 0.15) is 5.56 Å². The molecular weight excluding hydrogens is 366 g/mol. The Balaban J connectivity index is 1.69. The molecule has 0 radical (unpaired) electrons. The molecule has 1 aromatic rings. The molecule has 0 bridgehead atoms. The summed E-state index contributed by atoms with van der Waals surface area (Å²) in [5.41, 5.74) is -0.145. The monoisotopic (exact) mass is 391 g/mol. The van der Waals surface area contributed by atoms with Gasteiger partial charge in [-0.3, -0.25) is 9.59 Å². The van der Waals surface area contributed by atoms with Crippen LogP contribution >= 0.6 is 11.8 Å². The highest BCUT2D eigenvalue weighted by Crippen LogP contribution is 2.43. The van der Waals surface area contributed by atoms with Crippen LogP contribution in [0.15, 0.2) is 29.2 Å². The fourth-order valence-electron chi connectivity index (χ4n) is 4.02. The lowest BCUT2D eigenvalue weighted by Gasteiger charge is -2.27. The van der Waals surface area contributed by atoms with Gasteiger partial charge in [0.25, 0.3) is 0 Å². The van der Waals surface area contributed by atoms with Gasteiger partial charge in [0, 0.05) is 51.1 Å². The van der Waals surface area contributed by atoms with Gasteiger partial charge in [0.15, 0.2) is 0 Å². The van der Waals surface area contributed by atoms with Crippen molar-refractivity contribution in [3.63, 3.8) is 0 Å². The molecule has 2 atom stereocenters. The second-order valence-electron chi connectivity index (χ2n) is 7.51. The summed E-state index contributed by atoms with van der Waals surface area (Å²) < 4.78 is 0. The SMILES string of the molecule is CSc1ccc(CC(=O)N2C[C@@H]3CN(C(=O)N(C)C)C[C@]3(C(=O)O)C2)cc1. The van der Waals surface area contributed by atoms with Gasteiger partial charge in [0.1, 0.15) is 5.41 Å². The smallest absolute Gasteiger partial charge is 0.319 e. The van der Waals surface area contributed by atoms with E-state index in [4.69, 9.17) is 0 Å². The van der Waals surface area contributed by atoms with Gasteiger partial charge in [-0.1, -0.05) is 12.1 Å². The quantitative estimate of drug-likeness (QED) is 0.787. The predicted octanol–water partition coefficient (Wildman–Crippen LogP) is 1.48. The zero-order valence-electron chi connectivity index (χ0n) is 15.8. The van der Waals surface area contributed by atoms with Gasteiger partial charge < -0.3 is 19.8 Å². The Morgan fingerprint density at radius 1 is 1.15 bits per heavy atom. The lowest BCUT2D eigenvalue weighted by molar-refractivity contribution is -0.149. The molecule has 2 heterocycles. The Hall–Kier alpha value is -2.22. The summed E-state index contributed by atoms with van der Waals surface area (Å²) >= 11 is 1.64. The Labute approximate surface area is 163 Å². The van der Waals surface area contributed by atoms with Crippen molar-refractivity contribution in [2.45, 2.75) is 11.3 Å². The van der Waals surface area contributed by atoms with Crippen molar-refractivity contribution in [1.29, 1.82) is 0 Å². The Morgan fingerprint density at radius 3 is 2.26 bits per heavy atom. The van der Waals surface area contributed by atoms with Crippen molar-refractivity contribution < 1.29 is 19.5 Å². The molecule has 0 saturated carbocycles. The van der Waals surface area contributed by atoms with Gasteiger partial charge in [-0.25, -0.2) is 4.79 Å². The van der Waals surface area contributed by atoms with E-state index in [9.17, 15) is 19.5 Å². The molecule has 8 heteroatoms. The van der Waals surface area contributed by atoms with Crippen molar-refractivity contribution in [2.24, 2.45) is 11.3 Å². The van der Waals surface area contributed by atoms with E-state index in [2.05, 4.69) is 0 Å². The highest BCUT2D eigenvalue weighted by Gasteiger charge is 2.59. The highest BCUT2D eigenvalue weighted by atomic mass is 32.2. The molecule has 27 heavy (non-hydrogen) atoms. The van der Waals surface area contributed by atoms with Crippen LogP contribution in [-0.2, 0) is 16.0 Å². The number of likely N-dealkylation sites (tertiary alicyclic amines) is 2. The van der Waals surface area contributed by atoms with E-state index in [1.54, 1.807) is 35.7 Å². The number of carbonyl (C=O) groups excluding carboxylic acids is 2. The number of carboxylic acid groups (broad SMARTS) is 1. The van der Waals surface area contributed by atoms with Crippen LogP contribution in [0, 0.1) is 11.3 Å². The van der Waals surface area contributed by atoms with Crippen molar-refractivity contribution >= 4 is 29.7 Å². The second-order valence-corrected chi connectivity index (χ2v) is 8.39. The van der Waals surface area contributed by atoms with E-state index in [-0.39, 0.29) is 37.4 Å². The number of amides is 3. The van der Waals surface area contributed by atoms with Crippen LogP contribution in [-0.4, -0.2) is 84.2 Å². The van der Waals surface area contributed by atoms with Crippen molar-refractivity contribution in [3.05, 3.63) is 29.8 Å². The topological polar surface area (TPSA) is 81.2 Å². The lowest BCUT2D eigenvalue weighted by atomic mass is 9.81. The molecule has 1 aromatic carbocycles.